The maximum absolute atomic E-state index is 13.7. The van der Waals surface area contributed by atoms with Gasteiger partial charge < -0.3 is 24.0 Å². The SMILES string of the molecule is CCC1(O)C(=O)OCc2c1cc1n(c2=O)Cc2c-1nc1ccccc1c2CCN(C(=O)OCc1ccccc1)C(C)C. The Labute approximate surface area is 243 Å². The van der Waals surface area contributed by atoms with E-state index in [1.165, 1.54) is 0 Å². The van der Waals surface area contributed by atoms with E-state index in [9.17, 15) is 19.5 Å². The number of fused-ring (bicyclic) bond motifs is 5. The average Bonchev–Trinajstić information content (AvgIpc) is 3.37. The van der Waals surface area contributed by atoms with Crippen LogP contribution in [0.5, 0.6) is 0 Å². The number of aliphatic hydroxyl groups is 1. The number of ether oxygens (including phenoxy) is 2. The third-order valence-electron chi connectivity index (χ3n) is 8.38. The van der Waals surface area contributed by atoms with E-state index in [2.05, 4.69) is 0 Å². The topological polar surface area (TPSA) is 111 Å². The summed E-state index contributed by atoms with van der Waals surface area (Å²) in [6, 6.07) is 19.0. The van der Waals surface area contributed by atoms with Crippen molar-refractivity contribution in [2.24, 2.45) is 0 Å². The molecule has 0 fully saturated rings. The normalized spacial score (nSPS) is 17.0. The van der Waals surface area contributed by atoms with Gasteiger partial charge in [-0.15, -0.1) is 0 Å². The maximum atomic E-state index is 13.7. The molecule has 1 amide bonds. The zero-order chi connectivity index (χ0) is 29.6. The fourth-order valence-electron chi connectivity index (χ4n) is 5.99. The highest BCUT2D eigenvalue weighted by atomic mass is 16.6. The van der Waals surface area contributed by atoms with Crippen LogP contribution in [-0.2, 0) is 46.0 Å². The van der Waals surface area contributed by atoms with Crippen LogP contribution >= 0.6 is 0 Å². The number of para-hydroxylation sites is 1. The van der Waals surface area contributed by atoms with Crippen molar-refractivity contribution >= 4 is 23.0 Å². The van der Waals surface area contributed by atoms with Crippen molar-refractivity contribution in [3.05, 3.63) is 98.8 Å². The molecule has 0 spiro atoms. The van der Waals surface area contributed by atoms with Crippen LogP contribution in [0.1, 0.15) is 55.0 Å². The third kappa shape index (κ3) is 4.54. The van der Waals surface area contributed by atoms with Crippen molar-refractivity contribution in [2.75, 3.05) is 6.54 Å². The van der Waals surface area contributed by atoms with Crippen molar-refractivity contribution in [3.63, 3.8) is 0 Å². The van der Waals surface area contributed by atoms with E-state index in [-0.39, 0.29) is 48.5 Å². The van der Waals surface area contributed by atoms with Gasteiger partial charge in [0.2, 0.25) is 0 Å². The lowest BCUT2D eigenvalue weighted by molar-refractivity contribution is -0.172. The molecule has 1 N–H and O–H groups in total. The molecule has 216 valence electrons. The second-order valence-corrected chi connectivity index (χ2v) is 11.1. The Bertz CT molecular complexity index is 1760. The second kappa shape index (κ2) is 10.7. The van der Waals surface area contributed by atoms with Gasteiger partial charge in [-0.2, -0.15) is 0 Å². The molecule has 42 heavy (non-hydrogen) atoms. The van der Waals surface area contributed by atoms with Crippen LogP contribution in [-0.4, -0.2) is 44.2 Å². The summed E-state index contributed by atoms with van der Waals surface area (Å²) in [7, 11) is 0. The first-order valence-electron chi connectivity index (χ1n) is 14.3. The molecule has 1 atom stereocenters. The van der Waals surface area contributed by atoms with Crippen molar-refractivity contribution in [3.8, 4) is 11.4 Å². The number of carbonyl (C=O) groups is 2. The van der Waals surface area contributed by atoms with Crippen LogP contribution in [0.15, 0.2) is 65.5 Å². The Hall–Kier alpha value is -4.50. The van der Waals surface area contributed by atoms with Gasteiger partial charge in [-0.05, 0) is 49.9 Å². The van der Waals surface area contributed by atoms with Crippen LogP contribution in [0.3, 0.4) is 0 Å². The van der Waals surface area contributed by atoms with Gasteiger partial charge in [0.05, 0.1) is 29.0 Å². The molecule has 1 unspecified atom stereocenters. The zero-order valence-corrected chi connectivity index (χ0v) is 23.9. The highest BCUT2D eigenvalue weighted by Gasteiger charge is 2.45. The predicted octanol–water partition coefficient (Wildman–Crippen LogP) is 4.67. The molecule has 2 aromatic heterocycles. The molecule has 9 nitrogen and oxygen atoms in total. The Morgan fingerprint density at radius 2 is 1.86 bits per heavy atom. The van der Waals surface area contributed by atoms with Gasteiger partial charge in [-0.1, -0.05) is 55.5 Å². The van der Waals surface area contributed by atoms with Gasteiger partial charge in [0.1, 0.15) is 13.2 Å². The Kier molecular flexibility index (Phi) is 7.06. The largest absolute Gasteiger partial charge is 0.458 e. The molecule has 2 aliphatic heterocycles. The number of carbonyl (C=O) groups excluding carboxylic acids is 2. The summed E-state index contributed by atoms with van der Waals surface area (Å²) in [6.07, 6.45) is 0.211. The summed E-state index contributed by atoms with van der Waals surface area (Å²) < 4.78 is 12.5. The molecule has 2 aromatic carbocycles. The molecular weight excluding hydrogens is 534 g/mol. The lowest BCUT2D eigenvalue weighted by atomic mass is 9.86. The summed E-state index contributed by atoms with van der Waals surface area (Å²) in [5.74, 6) is -0.750. The third-order valence-corrected chi connectivity index (χ3v) is 8.38. The minimum absolute atomic E-state index is 0.0798. The van der Waals surface area contributed by atoms with E-state index < -0.39 is 11.6 Å². The van der Waals surface area contributed by atoms with E-state index >= 15 is 0 Å². The quantitative estimate of drug-likeness (QED) is 0.285. The minimum Gasteiger partial charge on any atom is -0.458 e. The monoisotopic (exact) mass is 567 g/mol. The summed E-state index contributed by atoms with van der Waals surface area (Å²) in [5, 5.41) is 12.2. The number of cyclic esters (lactones) is 1. The summed E-state index contributed by atoms with van der Waals surface area (Å²) in [6.45, 7) is 6.31. The predicted molar refractivity (Wildman–Crippen MR) is 157 cm³/mol. The lowest BCUT2D eigenvalue weighted by Gasteiger charge is -2.31. The first kappa shape index (κ1) is 27.7. The number of esters is 1. The molecule has 6 rings (SSSR count). The number of hydrogen-bond donors (Lipinski definition) is 1. The van der Waals surface area contributed by atoms with Crippen LogP contribution in [0, 0.1) is 0 Å². The molecule has 2 aliphatic rings. The van der Waals surface area contributed by atoms with Crippen molar-refractivity contribution in [2.45, 2.75) is 65.0 Å². The highest BCUT2D eigenvalue weighted by molar-refractivity contribution is 5.89. The number of amides is 1. The Balaban J connectivity index is 1.37. The van der Waals surface area contributed by atoms with E-state index in [0.717, 1.165) is 27.6 Å². The van der Waals surface area contributed by atoms with Crippen molar-refractivity contribution < 1.29 is 24.2 Å². The molecule has 0 saturated heterocycles. The number of aromatic nitrogens is 2. The molecule has 9 heteroatoms. The summed E-state index contributed by atoms with van der Waals surface area (Å²) in [5.41, 5.74) is 3.15. The Morgan fingerprint density at radius 3 is 2.60 bits per heavy atom. The fraction of sp³-hybridized carbons (Fsp3) is 0.333. The summed E-state index contributed by atoms with van der Waals surface area (Å²) >= 11 is 0. The zero-order valence-electron chi connectivity index (χ0n) is 23.9. The van der Waals surface area contributed by atoms with E-state index in [4.69, 9.17) is 14.5 Å². The van der Waals surface area contributed by atoms with Crippen molar-refractivity contribution in [1.29, 1.82) is 0 Å². The number of benzene rings is 2. The molecule has 4 heterocycles. The first-order valence-corrected chi connectivity index (χ1v) is 14.3. The number of rotatable bonds is 7. The number of pyridine rings is 2. The lowest BCUT2D eigenvalue weighted by Crippen LogP contribution is -2.44. The number of hydrogen-bond acceptors (Lipinski definition) is 7. The highest BCUT2D eigenvalue weighted by Crippen LogP contribution is 2.40. The van der Waals surface area contributed by atoms with Gasteiger partial charge in [-0.25, -0.2) is 14.6 Å². The van der Waals surface area contributed by atoms with Crippen LogP contribution < -0.4 is 5.56 Å². The molecular formula is C33H33N3O6. The Morgan fingerprint density at radius 1 is 1.12 bits per heavy atom. The van der Waals surface area contributed by atoms with Gasteiger partial charge in [0.15, 0.2) is 5.60 Å². The standard InChI is InChI=1S/C33H33N3O6/c1-4-33(40)26-16-28-29-24(17-36(28)30(37)25(26)19-41-31(33)38)22(23-12-8-9-13-27(23)34-29)14-15-35(20(2)3)32(39)42-18-21-10-6-5-7-11-21/h5-13,16,20,40H,4,14-15,17-19H2,1-3H3. The minimum atomic E-state index is -1.89. The van der Waals surface area contributed by atoms with Gasteiger partial charge in [0, 0.05) is 29.1 Å². The van der Waals surface area contributed by atoms with E-state index in [1.54, 1.807) is 22.5 Å². The van der Waals surface area contributed by atoms with Gasteiger partial charge in [-0.3, -0.25) is 4.79 Å². The van der Waals surface area contributed by atoms with E-state index in [1.807, 2.05) is 68.4 Å². The molecule has 0 bridgehead atoms. The van der Waals surface area contributed by atoms with E-state index in [0.29, 0.717) is 30.9 Å². The number of nitrogens with zero attached hydrogens (tertiary/aromatic N) is 3. The first-order chi connectivity index (χ1) is 20.2. The average molecular weight is 568 g/mol. The van der Waals surface area contributed by atoms with Gasteiger partial charge >= 0.3 is 12.1 Å². The van der Waals surface area contributed by atoms with Crippen molar-refractivity contribution in [1.82, 2.24) is 14.5 Å². The molecule has 4 aromatic rings. The van der Waals surface area contributed by atoms with Gasteiger partial charge in [0.25, 0.3) is 5.56 Å². The van der Waals surface area contributed by atoms with Crippen LogP contribution in [0.25, 0.3) is 22.3 Å². The van der Waals surface area contributed by atoms with Crippen LogP contribution in [0.4, 0.5) is 4.79 Å². The molecule has 0 saturated carbocycles. The smallest absolute Gasteiger partial charge is 0.410 e. The summed E-state index contributed by atoms with van der Waals surface area (Å²) in [4.78, 5) is 46.0. The van der Waals surface area contributed by atoms with Crippen LogP contribution in [0.2, 0.25) is 0 Å². The molecule has 0 aliphatic carbocycles. The molecule has 0 radical (unpaired) electrons. The fourth-order valence-corrected chi connectivity index (χ4v) is 5.99. The second-order valence-electron chi connectivity index (χ2n) is 11.1. The maximum Gasteiger partial charge on any atom is 0.410 e.